The van der Waals surface area contributed by atoms with Crippen LogP contribution >= 0.6 is 11.3 Å². The van der Waals surface area contributed by atoms with Crippen LogP contribution in [0.1, 0.15) is 22.6 Å². The second kappa shape index (κ2) is 7.09. The number of aryl methyl sites for hydroxylation is 2. The lowest BCUT2D eigenvalue weighted by Crippen LogP contribution is -2.34. The summed E-state index contributed by atoms with van der Waals surface area (Å²) in [6.07, 6.45) is 1.02. The van der Waals surface area contributed by atoms with Crippen molar-refractivity contribution in [3.63, 3.8) is 0 Å². The molecule has 1 aliphatic rings. The van der Waals surface area contributed by atoms with Gasteiger partial charge in [-0.15, -0.1) is 10.2 Å². The molecule has 6 nitrogen and oxygen atoms in total. The average Bonchev–Trinajstić information content (AvgIpc) is 3.15. The van der Waals surface area contributed by atoms with Gasteiger partial charge in [0.15, 0.2) is 0 Å². The van der Waals surface area contributed by atoms with Crippen LogP contribution in [0, 0.1) is 19.8 Å². The summed E-state index contributed by atoms with van der Waals surface area (Å²) < 4.78 is 0. The molecular formula is C17H20N4O2S. The number of nitrogens with zero attached hydrogens (tertiary/aromatic N) is 3. The molecule has 0 radical (unpaired) electrons. The molecule has 1 unspecified atom stereocenters. The maximum Gasteiger partial charge on any atom is 0.229 e. The highest BCUT2D eigenvalue weighted by molar-refractivity contribution is 7.15. The van der Waals surface area contributed by atoms with E-state index in [1.54, 1.807) is 4.90 Å². The highest BCUT2D eigenvalue weighted by atomic mass is 32.1. The van der Waals surface area contributed by atoms with Gasteiger partial charge in [0.05, 0.1) is 5.92 Å². The quantitative estimate of drug-likeness (QED) is 0.898. The topological polar surface area (TPSA) is 75.2 Å². The average molecular weight is 344 g/mol. The van der Waals surface area contributed by atoms with Crippen molar-refractivity contribution in [2.45, 2.75) is 26.7 Å². The smallest absolute Gasteiger partial charge is 0.229 e. The van der Waals surface area contributed by atoms with Crippen LogP contribution in [-0.2, 0) is 16.0 Å². The van der Waals surface area contributed by atoms with Gasteiger partial charge >= 0.3 is 0 Å². The minimum absolute atomic E-state index is 0.0646. The zero-order chi connectivity index (χ0) is 17.1. The lowest BCUT2D eigenvalue weighted by Gasteiger charge is -2.13. The number of benzene rings is 1. The van der Waals surface area contributed by atoms with E-state index in [2.05, 4.69) is 34.6 Å². The summed E-state index contributed by atoms with van der Waals surface area (Å²) >= 11 is 1.37. The zero-order valence-corrected chi connectivity index (χ0v) is 14.6. The fraction of sp³-hybridized carbons (Fsp3) is 0.412. The van der Waals surface area contributed by atoms with Crippen LogP contribution in [0.3, 0.4) is 0 Å². The van der Waals surface area contributed by atoms with Crippen LogP contribution in [0.15, 0.2) is 24.3 Å². The van der Waals surface area contributed by atoms with Gasteiger partial charge in [-0.25, -0.2) is 0 Å². The molecule has 0 saturated carbocycles. The van der Waals surface area contributed by atoms with Crippen LogP contribution in [0.5, 0.6) is 0 Å². The van der Waals surface area contributed by atoms with Gasteiger partial charge in [0.1, 0.15) is 5.01 Å². The molecule has 1 aromatic carbocycles. The predicted molar refractivity (Wildman–Crippen MR) is 93.0 cm³/mol. The van der Waals surface area contributed by atoms with Gasteiger partial charge in [-0.05, 0) is 31.4 Å². The SMILES string of the molecule is Cc1nnc(N2CC(C(=O)NCCc3ccccc3C)CC2=O)s1. The molecule has 1 N–H and O–H groups in total. The Balaban J connectivity index is 1.53. The van der Waals surface area contributed by atoms with E-state index in [9.17, 15) is 9.59 Å². The van der Waals surface area contributed by atoms with Gasteiger partial charge < -0.3 is 5.32 Å². The van der Waals surface area contributed by atoms with Crippen LogP contribution in [0.4, 0.5) is 5.13 Å². The van der Waals surface area contributed by atoms with Gasteiger partial charge in [-0.1, -0.05) is 35.6 Å². The molecule has 0 aliphatic carbocycles. The third kappa shape index (κ3) is 3.62. The van der Waals surface area contributed by atoms with Gasteiger partial charge in [-0.3, -0.25) is 14.5 Å². The first-order valence-corrected chi connectivity index (χ1v) is 8.79. The molecular weight excluding hydrogens is 324 g/mol. The number of carbonyl (C=O) groups is 2. The standard InChI is InChI=1S/C17H20N4O2S/c1-11-5-3-4-6-13(11)7-8-18-16(23)14-9-15(22)21(10-14)17-20-19-12(2)24-17/h3-6,14H,7-10H2,1-2H3,(H,18,23). The molecule has 0 spiro atoms. The van der Waals surface area contributed by atoms with Gasteiger partial charge in [0.2, 0.25) is 16.9 Å². The first-order valence-electron chi connectivity index (χ1n) is 7.97. The summed E-state index contributed by atoms with van der Waals surface area (Å²) in [6, 6.07) is 8.14. The van der Waals surface area contributed by atoms with E-state index >= 15 is 0 Å². The first kappa shape index (κ1) is 16.6. The van der Waals surface area contributed by atoms with E-state index in [4.69, 9.17) is 0 Å². The Morgan fingerprint density at radius 1 is 1.33 bits per heavy atom. The van der Waals surface area contributed by atoms with Crippen molar-refractivity contribution in [3.05, 3.63) is 40.4 Å². The Hall–Kier alpha value is -2.28. The second-order valence-electron chi connectivity index (χ2n) is 5.98. The van der Waals surface area contributed by atoms with Crippen molar-refractivity contribution in [1.29, 1.82) is 0 Å². The van der Waals surface area contributed by atoms with E-state index in [0.717, 1.165) is 11.4 Å². The number of amides is 2. The fourth-order valence-corrected chi connectivity index (χ4v) is 3.53. The highest BCUT2D eigenvalue weighted by Crippen LogP contribution is 2.27. The highest BCUT2D eigenvalue weighted by Gasteiger charge is 2.36. The fourth-order valence-electron chi connectivity index (χ4n) is 2.82. The molecule has 1 aromatic heterocycles. The molecule has 1 fully saturated rings. The van der Waals surface area contributed by atoms with Crippen molar-refractivity contribution in [2.75, 3.05) is 18.0 Å². The maximum absolute atomic E-state index is 12.3. The van der Waals surface area contributed by atoms with Crippen LogP contribution in [0.2, 0.25) is 0 Å². The van der Waals surface area contributed by atoms with Gasteiger partial charge in [-0.2, -0.15) is 0 Å². The molecule has 2 amide bonds. The van der Waals surface area contributed by atoms with Crippen molar-refractivity contribution >= 4 is 28.3 Å². The number of carbonyl (C=O) groups excluding carboxylic acids is 2. The van der Waals surface area contributed by atoms with E-state index in [0.29, 0.717) is 18.2 Å². The van der Waals surface area contributed by atoms with Gasteiger partial charge in [0, 0.05) is 19.5 Å². The third-order valence-electron chi connectivity index (χ3n) is 4.20. The molecule has 0 bridgehead atoms. The Kier molecular flexibility index (Phi) is 4.89. The summed E-state index contributed by atoms with van der Waals surface area (Å²) in [5.41, 5.74) is 2.45. The number of aromatic nitrogens is 2. The Morgan fingerprint density at radius 2 is 2.12 bits per heavy atom. The van der Waals surface area contributed by atoms with Gasteiger partial charge in [0.25, 0.3) is 0 Å². The number of hydrogen-bond donors (Lipinski definition) is 1. The first-order chi connectivity index (χ1) is 11.5. The lowest BCUT2D eigenvalue weighted by molar-refractivity contribution is -0.126. The summed E-state index contributed by atoms with van der Waals surface area (Å²) in [5.74, 6) is -0.454. The van der Waals surface area contributed by atoms with E-state index < -0.39 is 0 Å². The van der Waals surface area contributed by atoms with E-state index in [1.165, 1.54) is 22.5 Å². The normalized spacial score (nSPS) is 17.3. The number of rotatable bonds is 5. The molecule has 7 heteroatoms. The Bertz CT molecular complexity index is 759. The monoisotopic (exact) mass is 344 g/mol. The molecule has 24 heavy (non-hydrogen) atoms. The predicted octanol–water partition coefficient (Wildman–Crippen LogP) is 1.87. The zero-order valence-electron chi connectivity index (χ0n) is 13.8. The molecule has 2 aromatic rings. The number of hydrogen-bond acceptors (Lipinski definition) is 5. The van der Waals surface area contributed by atoms with Crippen molar-refractivity contribution < 1.29 is 9.59 Å². The van der Waals surface area contributed by atoms with Crippen LogP contribution in [-0.4, -0.2) is 35.1 Å². The Morgan fingerprint density at radius 3 is 2.83 bits per heavy atom. The van der Waals surface area contributed by atoms with Crippen LogP contribution in [0.25, 0.3) is 0 Å². The third-order valence-corrected chi connectivity index (χ3v) is 5.06. The minimum atomic E-state index is -0.321. The van der Waals surface area contributed by atoms with E-state index in [1.807, 2.05) is 19.1 Å². The van der Waals surface area contributed by atoms with Crippen molar-refractivity contribution in [2.24, 2.45) is 5.92 Å². The second-order valence-corrected chi connectivity index (χ2v) is 7.14. The largest absolute Gasteiger partial charge is 0.355 e. The number of nitrogens with one attached hydrogen (secondary N) is 1. The van der Waals surface area contributed by atoms with Crippen molar-refractivity contribution in [3.8, 4) is 0 Å². The summed E-state index contributed by atoms with van der Waals surface area (Å²) in [7, 11) is 0. The summed E-state index contributed by atoms with van der Waals surface area (Å²) in [5, 5.41) is 12.3. The molecule has 126 valence electrons. The molecule has 1 atom stereocenters. The lowest BCUT2D eigenvalue weighted by atomic mass is 10.1. The van der Waals surface area contributed by atoms with Crippen LogP contribution < -0.4 is 10.2 Å². The summed E-state index contributed by atoms with van der Waals surface area (Å²) in [4.78, 5) is 26.0. The van der Waals surface area contributed by atoms with Crippen molar-refractivity contribution in [1.82, 2.24) is 15.5 Å². The summed E-state index contributed by atoms with van der Waals surface area (Å²) in [6.45, 7) is 4.86. The molecule has 3 rings (SSSR count). The molecule has 1 saturated heterocycles. The molecule has 2 heterocycles. The minimum Gasteiger partial charge on any atom is -0.355 e. The number of anilines is 1. The molecule has 1 aliphatic heterocycles. The van der Waals surface area contributed by atoms with E-state index in [-0.39, 0.29) is 24.2 Å². The maximum atomic E-state index is 12.3. The Labute approximate surface area is 144 Å².